The molecule has 0 aliphatic rings. The van der Waals surface area contributed by atoms with E-state index in [-0.39, 0.29) is 12.5 Å². The van der Waals surface area contributed by atoms with Crippen LogP contribution in [0, 0.1) is 11.3 Å². The minimum absolute atomic E-state index is 0.109. The van der Waals surface area contributed by atoms with Crippen LogP contribution in [-0.4, -0.2) is 19.1 Å². The monoisotopic (exact) mass is 231 g/mol. The lowest BCUT2D eigenvalue weighted by atomic mass is 10.2. The summed E-state index contributed by atoms with van der Waals surface area (Å²) in [6, 6.07) is 6.50. The summed E-state index contributed by atoms with van der Waals surface area (Å²) in [5.74, 6) is 0.0875. The molecule has 0 saturated carbocycles. The van der Waals surface area contributed by atoms with Crippen molar-refractivity contribution in [3.8, 4) is 11.8 Å². The molecule has 0 spiro atoms. The Morgan fingerprint density at radius 2 is 2.41 bits per heavy atom. The lowest BCUT2D eigenvalue weighted by Gasteiger charge is -2.08. The summed E-state index contributed by atoms with van der Waals surface area (Å²) in [6.45, 7) is 3.78. The number of nitrogens with zero attached hydrogens (tertiary/aromatic N) is 1. The molecular weight excluding hydrogens is 218 g/mol. The molecule has 0 heterocycles. The van der Waals surface area contributed by atoms with Gasteiger partial charge in [-0.2, -0.15) is 5.26 Å². The number of amides is 1. The van der Waals surface area contributed by atoms with Gasteiger partial charge in [0, 0.05) is 12.1 Å². The molecule has 1 aromatic carbocycles. The highest BCUT2D eigenvalue weighted by Crippen LogP contribution is 2.22. The first-order valence-electron chi connectivity index (χ1n) is 4.97. The molecular formula is C12H13N3O2. The van der Waals surface area contributed by atoms with Crippen molar-refractivity contribution in [1.29, 1.82) is 5.26 Å². The molecule has 0 unspecified atom stereocenters. The minimum Gasteiger partial charge on any atom is -0.477 e. The van der Waals surface area contributed by atoms with Crippen molar-refractivity contribution in [1.82, 2.24) is 5.32 Å². The number of nitrogens with two attached hydrogens (primary N) is 1. The van der Waals surface area contributed by atoms with E-state index in [4.69, 9.17) is 15.7 Å². The van der Waals surface area contributed by atoms with E-state index >= 15 is 0 Å². The Morgan fingerprint density at radius 3 is 3.06 bits per heavy atom. The number of carbonyl (C=O) groups is 1. The summed E-state index contributed by atoms with van der Waals surface area (Å²) in [7, 11) is 0. The first kappa shape index (κ1) is 12.6. The summed E-state index contributed by atoms with van der Waals surface area (Å²) in [5, 5.41) is 11.0. The van der Waals surface area contributed by atoms with Gasteiger partial charge >= 0.3 is 0 Å². The highest BCUT2D eigenvalue weighted by atomic mass is 16.5. The van der Waals surface area contributed by atoms with Crippen LogP contribution < -0.4 is 15.8 Å². The zero-order chi connectivity index (χ0) is 12.7. The van der Waals surface area contributed by atoms with Gasteiger partial charge in [-0.15, -0.1) is 6.58 Å². The van der Waals surface area contributed by atoms with Gasteiger partial charge in [-0.25, -0.2) is 0 Å². The zero-order valence-corrected chi connectivity index (χ0v) is 9.27. The maximum Gasteiger partial charge on any atom is 0.251 e. The highest BCUT2D eigenvalue weighted by molar-refractivity contribution is 5.95. The molecule has 0 aromatic heterocycles. The molecule has 5 heteroatoms. The van der Waals surface area contributed by atoms with Gasteiger partial charge in [-0.3, -0.25) is 4.79 Å². The molecule has 5 nitrogen and oxygen atoms in total. The maximum absolute atomic E-state index is 11.6. The van der Waals surface area contributed by atoms with Crippen LogP contribution in [0.1, 0.15) is 10.4 Å². The summed E-state index contributed by atoms with van der Waals surface area (Å²) in [4.78, 5) is 11.6. The van der Waals surface area contributed by atoms with Crippen LogP contribution in [0.15, 0.2) is 30.9 Å². The topological polar surface area (TPSA) is 88.1 Å². The fourth-order valence-corrected chi connectivity index (χ4v) is 1.18. The third-order valence-electron chi connectivity index (χ3n) is 1.97. The molecule has 0 saturated heterocycles. The maximum atomic E-state index is 11.6. The molecule has 1 rings (SSSR count). The first-order valence-corrected chi connectivity index (χ1v) is 4.97. The lowest BCUT2D eigenvalue weighted by Crippen LogP contribution is -2.23. The SMILES string of the molecule is C=CCNC(=O)c1ccc(N)c(OCC#N)c1. The van der Waals surface area contributed by atoms with Crippen LogP contribution in [-0.2, 0) is 0 Å². The number of nitrogens with one attached hydrogen (secondary N) is 1. The first-order chi connectivity index (χ1) is 8.19. The van der Waals surface area contributed by atoms with Crippen molar-refractivity contribution >= 4 is 11.6 Å². The third-order valence-corrected chi connectivity index (χ3v) is 1.97. The predicted molar refractivity (Wildman–Crippen MR) is 64.5 cm³/mol. The van der Waals surface area contributed by atoms with Crippen LogP contribution in [0.4, 0.5) is 5.69 Å². The number of hydrogen-bond donors (Lipinski definition) is 2. The number of rotatable bonds is 5. The van der Waals surface area contributed by atoms with Gasteiger partial charge in [-0.05, 0) is 18.2 Å². The van der Waals surface area contributed by atoms with Crippen LogP contribution in [0.5, 0.6) is 5.75 Å². The standard InChI is InChI=1S/C12H13N3O2/c1-2-6-15-12(16)9-3-4-10(14)11(8-9)17-7-5-13/h2-4,8H,1,6-7,14H2,(H,15,16). The van der Waals surface area contributed by atoms with E-state index in [0.29, 0.717) is 23.5 Å². The molecule has 3 N–H and O–H groups in total. The summed E-state index contributed by atoms with van der Waals surface area (Å²) in [5.41, 5.74) is 6.46. The van der Waals surface area contributed by atoms with Crippen molar-refractivity contribution in [2.24, 2.45) is 0 Å². The largest absolute Gasteiger partial charge is 0.477 e. The summed E-state index contributed by atoms with van der Waals surface area (Å²) in [6.07, 6.45) is 1.59. The summed E-state index contributed by atoms with van der Waals surface area (Å²) >= 11 is 0. The van der Waals surface area contributed by atoms with Crippen LogP contribution in [0.2, 0.25) is 0 Å². The zero-order valence-electron chi connectivity index (χ0n) is 9.27. The molecule has 1 amide bonds. The quantitative estimate of drug-likeness (QED) is 0.586. The Morgan fingerprint density at radius 1 is 1.65 bits per heavy atom. The van der Waals surface area contributed by atoms with Crippen molar-refractivity contribution in [3.63, 3.8) is 0 Å². The molecule has 1 aromatic rings. The number of benzene rings is 1. The number of hydrogen-bond acceptors (Lipinski definition) is 4. The molecule has 0 bridgehead atoms. The fourth-order valence-electron chi connectivity index (χ4n) is 1.18. The van der Waals surface area contributed by atoms with Gasteiger partial charge in [0.2, 0.25) is 0 Å². The van der Waals surface area contributed by atoms with E-state index in [1.165, 1.54) is 6.07 Å². The molecule has 0 atom stereocenters. The highest BCUT2D eigenvalue weighted by Gasteiger charge is 2.08. The van der Waals surface area contributed by atoms with Gasteiger partial charge in [0.1, 0.15) is 11.8 Å². The van der Waals surface area contributed by atoms with Gasteiger partial charge in [0.05, 0.1) is 5.69 Å². The van der Waals surface area contributed by atoms with Crippen molar-refractivity contribution in [2.45, 2.75) is 0 Å². The average Bonchev–Trinajstić information content (AvgIpc) is 2.35. The Balaban J connectivity index is 2.84. The minimum atomic E-state index is -0.244. The lowest BCUT2D eigenvalue weighted by molar-refractivity contribution is 0.0957. The Bertz CT molecular complexity index is 463. The number of carbonyl (C=O) groups excluding carboxylic acids is 1. The average molecular weight is 231 g/mol. The molecule has 0 radical (unpaired) electrons. The second-order valence-corrected chi connectivity index (χ2v) is 3.20. The van der Waals surface area contributed by atoms with E-state index in [1.54, 1.807) is 18.2 Å². The fraction of sp³-hybridized carbons (Fsp3) is 0.167. The van der Waals surface area contributed by atoms with Gasteiger partial charge < -0.3 is 15.8 Å². The van der Waals surface area contributed by atoms with E-state index in [1.807, 2.05) is 6.07 Å². The van der Waals surface area contributed by atoms with E-state index < -0.39 is 0 Å². The van der Waals surface area contributed by atoms with Crippen molar-refractivity contribution in [3.05, 3.63) is 36.4 Å². The molecule has 0 aliphatic carbocycles. The smallest absolute Gasteiger partial charge is 0.251 e. The number of anilines is 1. The van der Waals surface area contributed by atoms with Gasteiger partial charge in [0.25, 0.3) is 5.91 Å². The molecule has 88 valence electrons. The Kier molecular flexibility index (Phi) is 4.58. The number of nitrogen functional groups attached to an aromatic ring is 1. The van der Waals surface area contributed by atoms with Crippen LogP contribution in [0.3, 0.4) is 0 Å². The molecule has 17 heavy (non-hydrogen) atoms. The van der Waals surface area contributed by atoms with Gasteiger partial charge in [0.15, 0.2) is 6.61 Å². The van der Waals surface area contributed by atoms with E-state index in [0.717, 1.165) is 0 Å². The van der Waals surface area contributed by atoms with E-state index in [9.17, 15) is 4.79 Å². The second-order valence-electron chi connectivity index (χ2n) is 3.20. The summed E-state index contributed by atoms with van der Waals surface area (Å²) < 4.78 is 5.09. The Hall–Kier alpha value is -2.48. The van der Waals surface area contributed by atoms with Crippen LogP contribution >= 0.6 is 0 Å². The van der Waals surface area contributed by atoms with Crippen molar-refractivity contribution in [2.75, 3.05) is 18.9 Å². The van der Waals surface area contributed by atoms with Crippen molar-refractivity contribution < 1.29 is 9.53 Å². The predicted octanol–water partition coefficient (Wildman–Crippen LogP) is 1.09. The van der Waals surface area contributed by atoms with E-state index in [2.05, 4.69) is 11.9 Å². The van der Waals surface area contributed by atoms with Crippen LogP contribution in [0.25, 0.3) is 0 Å². The Labute approximate surface area is 99.5 Å². The second kappa shape index (κ2) is 6.18. The third kappa shape index (κ3) is 3.54. The molecule has 0 fully saturated rings. The molecule has 0 aliphatic heterocycles. The van der Waals surface area contributed by atoms with Gasteiger partial charge in [-0.1, -0.05) is 6.08 Å². The normalized spacial score (nSPS) is 9.12. The number of nitriles is 1. The number of ether oxygens (including phenoxy) is 1.